The number of rotatable bonds is 4. The maximum atomic E-state index is 5.65. The molecule has 2 unspecified atom stereocenters. The molecule has 2 aliphatic heterocycles. The third-order valence-corrected chi connectivity index (χ3v) is 5.00. The number of aliphatic imine (C=N–C) groups is 1. The van der Waals surface area contributed by atoms with Gasteiger partial charge in [-0.25, -0.2) is 0 Å². The van der Waals surface area contributed by atoms with Crippen LogP contribution < -0.4 is 15.5 Å². The van der Waals surface area contributed by atoms with Crippen molar-refractivity contribution in [1.82, 2.24) is 10.6 Å². The third kappa shape index (κ3) is 4.62. The first-order chi connectivity index (χ1) is 11.8. The minimum atomic E-state index is 0.0950. The molecule has 0 spiro atoms. The van der Waals surface area contributed by atoms with Gasteiger partial charge in [0.15, 0.2) is 5.96 Å². The molecule has 0 saturated carbocycles. The molecule has 0 radical (unpaired) electrons. The van der Waals surface area contributed by atoms with E-state index in [-0.39, 0.29) is 6.10 Å². The molecule has 1 aromatic rings. The first-order valence-electron chi connectivity index (χ1n) is 8.42. The standard InChI is InChI=1S/C17H25BrN4O2/c1-19-17(20-10-14-12-23-8-9-24-14)21-13-6-7-22(11-13)16-5-3-2-4-15(16)18/h2-5,13-14H,6-12H2,1H3,(H2,19,20,21). The van der Waals surface area contributed by atoms with Crippen LogP contribution in [0.1, 0.15) is 6.42 Å². The van der Waals surface area contributed by atoms with Gasteiger partial charge < -0.3 is 25.0 Å². The van der Waals surface area contributed by atoms with E-state index in [1.807, 2.05) is 6.07 Å². The lowest BCUT2D eigenvalue weighted by Crippen LogP contribution is -2.48. The molecule has 0 aromatic heterocycles. The number of nitrogens with one attached hydrogen (secondary N) is 2. The summed E-state index contributed by atoms with van der Waals surface area (Å²) in [5.74, 6) is 0.822. The minimum Gasteiger partial charge on any atom is -0.376 e. The van der Waals surface area contributed by atoms with Crippen LogP contribution in [-0.2, 0) is 9.47 Å². The number of para-hydroxylation sites is 1. The molecule has 2 fully saturated rings. The summed E-state index contributed by atoms with van der Waals surface area (Å²) in [5, 5.41) is 6.85. The van der Waals surface area contributed by atoms with Crippen LogP contribution in [0.4, 0.5) is 5.69 Å². The topological polar surface area (TPSA) is 58.1 Å². The fourth-order valence-electron chi connectivity index (χ4n) is 3.06. The summed E-state index contributed by atoms with van der Waals surface area (Å²) in [5.41, 5.74) is 1.25. The Morgan fingerprint density at radius 2 is 2.25 bits per heavy atom. The van der Waals surface area contributed by atoms with E-state index in [9.17, 15) is 0 Å². The number of halogens is 1. The van der Waals surface area contributed by atoms with Crippen LogP contribution in [0.25, 0.3) is 0 Å². The molecule has 2 aliphatic rings. The van der Waals surface area contributed by atoms with Crippen LogP contribution in [0.5, 0.6) is 0 Å². The van der Waals surface area contributed by atoms with Gasteiger partial charge in [0.25, 0.3) is 0 Å². The zero-order chi connectivity index (χ0) is 16.8. The Morgan fingerprint density at radius 3 is 3.00 bits per heavy atom. The van der Waals surface area contributed by atoms with Crippen LogP contribution in [0.2, 0.25) is 0 Å². The van der Waals surface area contributed by atoms with Crippen molar-refractivity contribution in [2.24, 2.45) is 4.99 Å². The Morgan fingerprint density at radius 1 is 1.38 bits per heavy atom. The highest BCUT2D eigenvalue weighted by molar-refractivity contribution is 9.10. The average Bonchev–Trinajstić information content (AvgIpc) is 3.08. The Balaban J connectivity index is 1.47. The van der Waals surface area contributed by atoms with Crippen LogP contribution in [0.3, 0.4) is 0 Å². The molecule has 6 nitrogen and oxygen atoms in total. The second-order valence-electron chi connectivity index (χ2n) is 6.05. The van der Waals surface area contributed by atoms with Crippen LogP contribution in [0, 0.1) is 0 Å². The molecule has 0 amide bonds. The highest BCUT2D eigenvalue weighted by atomic mass is 79.9. The van der Waals surface area contributed by atoms with E-state index in [1.165, 1.54) is 5.69 Å². The van der Waals surface area contributed by atoms with Crippen molar-refractivity contribution in [1.29, 1.82) is 0 Å². The zero-order valence-corrected chi connectivity index (χ0v) is 15.6. The maximum Gasteiger partial charge on any atom is 0.191 e. The highest BCUT2D eigenvalue weighted by Gasteiger charge is 2.24. The zero-order valence-electron chi connectivity index (χ0n) is 14.0. The number of guanidine groups is 1. The lowest BCUT2D eigenvalue weighted by molar-refractivity contribution is -0.0850. The molecule has 7 heteroatoms. The predicted molar refractivity (Wildman–Crippen MR) is 99.8 cm³/mol. The Kier molecular flexibility index (Phi) is 6.34. The van der Waals surface area contributed by atoms with Gasteiger partial charge in [-0.2, -0.15) is 0 Å². The van der Waals surface area contributed by atoms with E-state index in [2.05, 4.69) is 54.7 Å². The molecule has 0 bridgehead atoms. The summed E-state index contributed by atoms with van der Waals surface area (Å²) < 4.78 is 12.2. The van der Waals surface area contributed by atoms with Gasteiger partial charge in [0.2, 0.25) is 0 Å². The van der Waals surface area contributed by atoms with Crippen LogP contribution in [0.15, 0.2) is 33.7 Å². The van der Waals surface area contributed by atoms with Crippen molar-refractivity contribution in [3.05, 3.63) is 28.7 Å². The minimum absolute atomic E-state index is 0.0950. The fourth-order valence-corrected chi connectivity index (χ4v) is 3.59. The smallest absolute Gasteiger partial charge is 0.191 e. The molecule has 2 heterocycles. The Labute approximate surface area is 151 Å². The van der Waals surface area contributed by atoms with Gasteiger partial charge in [-0.15, -0.1) is 0 Å². The maximum absolute atomic E-state index is 5.65. The van der Waals surface area contributed by atoms with E-state index in [1.54, 1.807) is 7.05 Å². The Hall–Kier alpha value is -1.31. The molecule has 2 atom stereocenters. The molecule has 24 heavy (non-hydrogen) atoms. The molecule has 0 aliphatic carbocycles. The molecule has 2 saturated heterocycles. The first kappa shape index (κ1) is 17.5. The molecular formula is C17H25BrN4O2. The van der Waals surface area contributed by atoms with Crippen LogP contribution in [-0.4, -0.2) is 64.6 Å². The summed E-state index contributed by atoms with van der Waals surface area (Å²) in [6.45, 7) is 4.71. The van der Waals surface area contributed by atoms with Gasteiger partial charge in [0, 0.05) is 37.2 Å². The second-order valence-corrected chi connectivity index (χ2v) is 6.90. The lowest BCUT2D eigenvalue weighted by Gasteiger charge is -2.25. The molecule has 2 N–H and O–H groups in total. The van der Waals surface area contributed by atoms with Gasteiger partial charge in [0.1, 0.15) is 0 Å². The van der Waals surface area contributed by atoms with E-state index >= 15 is 0 Å². The summed E-state index contributed by atoms with van der Waals surface area (Å²) >= 11 is 3.64. The monoisotopic (exact) mass is 396 g/mol. The number of ether oxygens (including phenoxy) is 2. The van der Waals surface area contributed by atoms with E-state index in [0.717, 1.165) is 29.9 Å². The normalized spacial score (nSPS) is 24.9. The van der Waals surface area contributed by atoms with Gasteiger partial charge >= 0.3 is 0 Å². The van der Waals surface area contributed by atoms with Crippen molar-refractivity contribution in [3.8, 4) is 0 Å². The molecule has 3 rings (SSSR count). The molecular weight excluding hydrogens is 372 g/mol. The summed E-state index contributed by atoms with van der Waals surface area (Å²) in [4.78, 5) is 6.72. The number of hydrogen-bond donors (Lipinski definition) is 2. The SMILES string of the molecule is CN=C(NCC1COCCO1)NC1CCN(c2ccccc2Br)C1. The third-order valence-electron chi connectivity index (χ3n) is 4.33. The van der Waals surface area contributed by atoms with Crippen molar-refractivity contribution in [3.63, 3.8) is 0 Å². The van der Waals surface area contributed by atoms with Crippen molar-refractivity contribution >= 4 is 27.6 Å². The predicted octanol–water partition coefficient (Wildman–Crippen LogP) is 1.61. The van der Waals surface area contributed by atoms with Gasteiger partial charge in [-0.05, 0) is 34.5 Å². The van der Waals surface area contributed by atoms with Crippen molar-refractivity contribution in [2.75, 3.05) is 51.4 Å². The number of anilines is 1. The number of benzene rings is 1. The summed E-state index contributed by atoms with van der Waals surface area (Å²) in [7, 11) is 1.80. The van der Waals surface area contributed by atoms with Crippen molar-refractivity contribution < 1.29 is 9.47 Å². The number of hydrogen-bond acceptors (Lipinski definition) is 4. The van der Waals surface area contributed by atoms with E-state index < -0.39 is 0 Å². The first-order valence-corrected chi connectivity index (χ1v) is 9.21. The van der Waals surface area contributed by atoms with Gasteiger partial charge in [-0.3, -0.25) is 4.99 Å². The van der Waals surface area contributed by atoms with Gasteiger partial charge in [-0.1, -0.05) is 12.1 Å². The average molecular weight is 397 g/mol. The van der Waals surface area contributed by atoms with E-state index in [0.29, 0.717) is 32.4 Å². The summed E-state index contributed by atoms with van der Waals surface area (Å²) in [6, 6.07) is 8.74. The van der Waals surface area contributed by atoms with Crippen molar-refractivity contribution in [2.45, 2.75) is 18.6 Å². The summed E-state index contributed by atoms with van der Waals surface area (Å²) in [6.07, 6.45) is 1.18. The second kappa shape index (κ2) is 8.69. The Bertz CT molecular complexity index is 563. The van der Waals surface area contributed by atoms with Crippen LogP contribution >= 0.6 is 15.9 Å². The fraction of sp³-hybridized carbons (Fsp3) is 0.588. The largest absolute Gasteiger partial charge is 0.376 e. The lowest BCUT2D eigenvalue weighted by atomic mass is 10.2. The van der Waals surface area contributed by atoms with E-state index in [4.69, 9.17) is 9.47 Å². The molecule has 132 valence electrons. The van der Waals surface area contributed by atoms with Gasteiger partial charge in [0.05, 0.1) is 31.6 Å². The number of nitrogens with zero attached hydrogens (tertiary/aromatic N) is 2. The quantitative estimate of drug-likeness (QED) is 0.597. The molecule has 1 aromatic carbocycles. The highest BCUT2D eigenvalue weighted by Crippen LogP contribution is 2.28.